The van der Waals surface area contributed by atoms with Gasteiger partial charge in [0.05, 0.1) is 12.7 Å². The monoisotopic (exact) mass is 413 g/mol. The molecule has 3 amide bonds. The Morgan fingerprint density at radius 3 is 2.48 bits per heavy atom. The van der Waals surface area contributed by atoms with Crippen LogP contribution in [0.3, 0.4) is 0 Å². The average Bonchev–Trinajstić information content (AvgIpc) is 2.68. The molecule has 0 saturated heterocycles. The number of unbranched alkanes of at least 4 members (excludes halogenated alkanes) is 4. The maximum absolute atomic E-state index is 13.3. The molecule has 1 aromatic heterocycles. The number of hydrogen-bond donors (Lipinski definition) is 3. The zero-order chi connectivity index (χ0) is 21.8. The molecule has 0 aromatic carbocycles. The number of halogens is 1. The molecule has 0 fully saturated rings. The zero-order valence-electron chi connectivity index (χ0n) is 16.8. The van der Waals surface area contributed by atoms with Gasteiger partial charge in [-0.2, -0.15) is 4.39 Å². The third-order valence-corrected chi connectivity index (χ3v) is 4.15. The van der Waals surface area contributed by atoms with E-state index < -0.39 is 29.0 Å². The molecule has 1 rings (SSSR count). The standard InChI is InChI=1S/C18H28FN5O5/c1-3-4-5-6-7-8-14(25)21-11-15(26)20-9-10-23(2)18(29)24-12-13(19)16(27)22-17(24)28/h12H,3-11H2,1-2H3,(H,20,26)(H,21,25)(H,22,27,28). The summed E-state index contributed by atoms with van der Waals surface area (Å²) in [6.45, 7) is 2.04. The van der Waals surface area contributed by atoms with Crippen LogP contribution in [0.25, 0.3) is 0 Å². The number of nitrogens with one attached hydrogen (secondary N) is 3. The number of hydrogen-bond acceptors (Lipinski definition) is 5. The lowest BCUT2D eigenvalue weighted by Gasteiger charge is -2.18. The molecule has 3 N–H and O–H groups in total. The van der Waals surface area contributed by atoms with Crippen LogP contribution in [0, 0.1) is 5.82 Å². The summed E-state index contributed by atoms with van der Waals surface area (Å²) in [5, 5.41) is 5.05. The Labute approximate surface area is 167 Å². The Morgan fingerprint density at radius 1 is 1.10 bits per heavy atom. The van der Waals surface area contributed by atoms with E-state index in [-0.39, 0.29) is 25.5 Å². The molecule has 11 heteroatoms. The van der Waals surface area contributed by atoms with E-state index in [1.165, 1.54) is 7.05 Å². The fourth-order valence-corrected chi connectivity index (χ4v) is 2.45. The van der Waals surface area contributed by atoms with E-state index in [4.69, 9.17) is 0 Å². The van der Waals surface area contributed by atoms with Crippen LogP contribution in [0.4, 0.5) is 9.18 Å². The van der Waals surface area contributed by atoms with Crippen LogP contribution in [0.2, 0.25) is 0 Å². The lowest BCUT2D eigenvalue weighted by atomic mass is 10.1. The van der Waals surface area contributed by atoms with Crippen LogP contribution in [-0.4, -0.2) is 59.0 Å². The molecule has 1 heterocycles. The van der Waals surface area contributed by atoms with Gasteiger partial charge in [0.2, 0.25) is 17.6 Å². The number of carbonyl (C=O) groups is 3. The van der Waals surface area contributed by atoms with Crippen molar-refractivity contribution in [3.63, 3.8) is 0 Å². The molecule has 0 saturated carbocycles. The van der Waals surface area contributed by atoms with Crippen molar-refractivity contribution in [3.8, 4) is 0 Å². The minimum Gasteiger partial charge on any atom is -0.353 e. The summed E-state index contributed by atoms with van der Waals surface area (Å²) < 4.78 is 13.7. The third-order valence-electron chi connectivity index (χ3n) is 4.15. The maximum atomic E-state index is 13.3. The van der Waals surface area contributed by atoms with Gasteiger partial charge in [-0.1, -0.05) is 32.6 Å². The molecule has 29 heavy (non-hydrogen) atoms. The highest BCUT2D eigenvalue weighted by Gasteiger charge is 2.15. The lowest BCUT2D eigenvalue weighted by molar-refractivity contribution is -0.126. The van der Waals surface area contributed by atoms with Gasteiger partial charge in [-0.15, -0.1) is 0 Å². The van der Waals surface area contributed by atoms with Crippen LogP contribution < -0.4 is 21.9 Å². The number of amides is 3. The Balaban J connectivity index is 2.30. The second kappa shape index (κ2) is 12.5. The molecule has 0 atom stereocenters. The molecular weight excluding hydrogens is 385 g/mol. The highest BCUT2D eigenvalue weighted by Crippen LogP contribution is 2.04. The molecule has 0 aliphatic carbocycles. The number of aromatic nitrogens is 2. The van der Waals surface area contributed by atoms with Gasteiger partial charge in [0, 0.05) is 26.6 Å². The van der Waals surface area contributed by atoms with E-state index in [0.717, 1.165) is 37.0 Å². The Kier molecular flexibility index (Phi) is 10.3. The van der Waals surface area contributed by atoms with Crippen LogP contribution in [-0.2, 0) is 9.59 Å². The Morgan fingerprint density at radius 2 is 1.79 bits per heavy atom. The number of aromatic amines is 1. The van der Waals surface area contributed by atoms with Crippen molar-refractivity contribution in [2.24, 2.45) is 0 Å². The van der Waals surface area contributed by atoms with E-state index in [0.29, 0.717) is 17.2 Å². The molecule has 162 valence electrons. The number of carbonyl (C=O) groups excluding carboxylic acids is 3. The first-order valence-corrected chi connectivity index (χ1v) is 9.56. The van der Waals surface area contributed by atoms with Crippen LogP contribution in [0.1, 0.15) is 45.4 Å². The van der Waals surface area contributed by atoms with E-state index in [2.05, 4.69) is 17.6 Å². The smallest absolute Gasteiger partial charge is 0.336 e. The van der Waals surface area contributed by atoms with Gasteiger partial charge < -0.3 is 15.5 Å². The molecule has 0 aliphatic heterocycles. The normalized spacial score (nSPS) is 10.4. The van der Waals surface area contributed by atoms with Crippen molar-refractivity contribution in [2.75, 3.05) is 26.7 Å². The molecular formula is C18H28FN5O5. The van der Waals surface area contributed by atoms with Crippen molar-refractivity contribution in [1.82, 2.24) is 25.1 Å². The topological polar surface area (TPSA) is 133 Å². The number of H-pyrrole nitrogens is 1. The second-order valence-corrected chi connectivity index (χ2v) is 6.60. The van der Waals surface area contributed by atoms with Gasteiger partial charge in [0.1, 0.15) is 0 Å². The predicted octanol–water partition coefficient (Wildman–Crippen LogP) is 0.169. The second-order valence-electron chi connectivity index (χ2n) is 6.60. The summed E-state index contributed by atoms with van der Waals surface area (Å²) in [7, 11) is 1.35. The van der Waals surface area contributed by atoms with E-state index in [1.807, 2.05) is 0 Å². The fraction of sp³-hybridized carbons (Fsp3) is 0.611. The maximum Gasteiger partial charge on any atom is 0.336 e. The SMILES string of the molecule is CCCCCCCC(=O)NCC(=O)NCCN(C)C(=O)n1cc(F)c(=O)[nH]c1=O. The summed E-state index contributed by atoms with van der Waals surface area (Å²) in [6.07, 6.45) is 6.02. The van der Waals surface area contributed by atoms with Crippen LogP contribution >= 0.6 is 0 Å². The van der Waals surface area contributed by atoms with Crippen LogP contribution in [0.5, 0.6) is 0 Å². The first kappa shape index (κ1) is 24.1. The molecule has 10 nitrogen and oxygen atoms in total. The first-order chi connectivity index (χ1) is 13.8. The predicted molar refractivity (Wildman–Crippen MR) is 104 cm³/mol. The Hall–Kier alpha value is -2.98. The zero-order valence-corrected chi connectivity index (χ0v) is 16.8. The minimum absolute atomic E-state index is 0.0309. The molecule has 0 bridgehead atoms. The van der Waals surface area contributed by atoms with Crippen molar-refractivity contribution in [2.45, 2.75) is 45.4 Å². The number of nitrogens with zero attached hydrogens (tertiary/aromatic N) is 2. The highest BCUT2D eigenvalue weighted by molar-refractivity contribution is 5.84. The quantitative estimate of drug-likeness (QED) is 0.445. The van der Waals surface area contributed by atoms with Crippen molar-refractivity contribution >= 4 is 17.8 Å². The molecule has 0 radical (unpaired) electrons. The highest BCUT2D eigenvalue weighted by atomic mass is 19.1. The summed E-state index contributed by atoms with van der Waals surface area (Å²) in [6, 6.07) is -0.865. The van der Waals surface area contributed by atoms with E-state index in [1.54, 1.807) is 4.98 Å². The lowest BCUT2D eigenvalue weighted by Crippen LogP contribution is -2.45. The largest absolute Gasteiger partial charge is 0.353 e. The summed E-state index contributed by atoms with van der Waals surface area (Å²) >= 11 is 0. The third kappa shape index (κ3) is 8.71. The average molecular weight is 413 g/mol. The fourth-order valence-electron chi connectivity index (χ4n) is 2.45. The molecule has 0 unspecified atom stereocenters. The van der Waals surface area contributed by atoms with E-state index in [9.17, 15) is 28.4 Å². The van der Waals surface area contributed by atoms with Gasteiger partial charge in [-0.3, -0.25) is 19.4 Å². The number of rotatable bonds is 11. The molecule has 1 aromatic rings. The van der Waals surface area contributed by atoms with E-state index >= 15 is 0 Å². The van der Waals surface area contributed by atoms with Gasteiger partial charge in [-0.25, -0.2) is 14.2 Å². The van der Waals surface area contributed by atoms with Gasteiger partial charge in [0.15, 0.2) is 0 Å². The van der Waals surface area contributed by atoms with Gasteiger partial charge >= 0.3 is 11.7 Å². The van der Waals surface area contributed by atoms with Gasteiger partial charge in [-0.05, 0) is 6.42 Å². The van der Waals surface area contributed by atoms with Crippen molar-refractivity contribution in [1.29, 1.82) is 0 Å². The summed E-state index contributed by atoms with van der Waals surface area (Å²) in [5.74, 6) is -1.87. The molecule has 0 spiro atoms. The Bertz CT molecular complexity index is 820. The van der Waals surface area contributed by atoms with Crippen LogP contribution in [0.15, 0.2) is 15.8 Å². The minimum atomic E-state index is -1.26. The van der Waals surface area contributed by atoms with Crippen molar-refractivity contribution in [3.05, 3.63) is 32.9 Å². The summed E-state index contributed by atoms with van der Waals surface area (Å²) in [4.78, 5) is 60.9. The number of likely N-dealkylation sites (N-methyl/N-ethyl adjacent to an activating group) is 1. The first-order valence-electron chi connectivity index (χ1n) is 9.56. The van der Waals surface area contributed by atoms with Crippen molar-refractivity contribution < 1.29 is 18.8 Å². The molecule has 0 aliphatic rings. The van der Waals surface area contributed by atoms with Gasteiger partial charge in [0.25, 0.3) is 5.56 Å². The summed E-state index contributed by atoms with van der Waals surface area (Å²) in [5.41, 5.74) is -2.27.